The molecular weight excluding hydrogens is 194 g/mol. The molecule has 2 heteroatoms. The third kappa shape index (κ3) is 1.47. The van der Waals surface area contributed by atoms with Gasteiger partial charge in [0, 0.05) is 12.0 Å². The van der Waals surface area contributed by atoms with Crippen LogP contribution in [-0.2, 0) is 11.3 Å². The molecule has 1 aliphatic rings. The molecule has 1 aromatic carbocycles. The van der Waals surface area contributed by atoms with Crippen LogP contribution in [-0.4, -0.2) is 0 Å². The minimum absolute atomic E-state index is 0.00222. The van der Waals surface area contributed by atoms with Crippen LogP contribution in [0.4, 0.5) is 8.78 Å². The Morgan fingerprint density at radius 3 is 2.27 bits per heavy atom. The Morgan fingerprint density at radius 2 is 1.67 bits per heavy atom. The first-order valence-electron chi connectivity index (χ1n) is 5.33. The van der Waals surface area contributed by atoms with Crippen molar-refractivity contribution in [3.05, 3.63) is 35.4 Å². The van der Waals surface area contributed by atoms with Gasteiger partial charge in [-0.15, -0.1) is 0 Å². The van der Waals surface area contributed by atoms with E-state index in [9.17, 15) is 8.78 Å². The monoisotopic (exact) mass is 210 g/mol. The molecule has 1 aromatic rings. The lowest BCUT2D eigenvalue weighted by molar-refractivity contribution is -0.0491. The molecule has 0 fully saturated rings. The van der Waals surface area contributed by atoms with Crippen LogP contribution in [0.2, 0.25) is 0 Å². The molecule has 2 rings (SSSR count). The Kier molecular flexibility index (Phi) is 2.14. The molecule has 0 heterocycles. The van der Waals surface area contributed by atoms with Gasteiger partial charge >= 0.3 is 0 Å². The molecule has 0 spiro atoms. The lowest BCUT2D eigenvalue weighted by Crippen LogP contribution is -2.38. The number of rotatable bonds is 0. The second kappa shape index (κ2) is 3.03. The molecule has 0 N–H and O–H groups in total. The van der Waals surface area contributed by atoms with Gasteiger partial charge in [-0.1, -0.05) is 45.0 Å². The molecule has 15 heavy (non-hydrogen) atoms. The van der Waals surface area contributed by atoms with Gasteiger partial charge in [0.2, 0.25) is 0 Å². The van der Waals surface area contributed by atoms with Crippen LogP contribution in [0.1, 0.15) is 38.3 Å². The van der Waals surface area contributed by atoms with Crippen LogP contribution in [0.5, 0.6) is 0 Å². The van der Waals surface area contributed by atoms with Gasteiger partial charge in [0.15, 0.2) is 0 Å². The van der Waals surface area contributed by atoms with Gasteiger partial charge in [0.1, 0.15) is 0 Å². The van der Waals surface area contributed by atoms with E-state index >= 15 is 0 Å². The van der Waals surface area contributed by atoms with E-state index < -0.39 is 5.92 Å². The lowest BCUT2D eigenvalue weighted by Gasteiger charge is -2.42. The Labute approximate surface area is 89.3 Å². The third-order valence-electron chi connectivity index (χ3n) is 3.81. The quantitative estimate of drug-likeness (QED) is 0.605. The topological polar surface area (TPSA) is 0 Å². The number of hydrogen-bond acceptors (Lipinski definition) is 0. The lowest BCUT2D eigenvalue weighted by atomic mass is 9.65. The predicted octanol–water partition coefficient (Wildman–Crippen LogP) is 4.10. The van der Waals surface area contributed by atoms with Gasteiger partial charge in [0.25, 0.3) is 5.92 Å². The number of hydrogen-bond donors (Lipinski definition) is 0. The van der Waals surface area contributed by atoms with Crippen molar-refractivity contribution in [3.63, 3.8) is 0 Å². The number of alkyl halides is 2. The number of benzene rings is 1. The highest BCUT2D eigenvalue weighted by Crippen LogP contribution is 2.50. The molecule has 1 unspecified atom stereocenters. The van der Waals surface area contributed by atoms with Gasteiger partial charge in [-0.05, 0) is 16.9 Å². The second-order valence-electron chi connectivity index (χ2n) is 5.08. The zero-order chi connectivity index (χ0) is 11.3. The summed E-state index contributed by atoms with van der Waals surface area (Å²) in [5.74, 6) is -2.66. The van der Waals surface area contributed by atoms with E-state index in [0.717, 1.165) is 5.56 Å². The van der Waals surface area contributed by atoms with E-state index in [1.165, 1.54) is 0 Å². The fourth-order valence-electron chi connectivity index (χ4n) is 2.38. The minimum Gasteiger partial charge on any atom is -0.201 e. The van der Waals surface area contributed by atoms with Crippen molar-refractivity contribution in [3.8, 4) is 0 Å². The van der Waals surface area contributed by atoms with Crippen LogP contribution in [0.3, 0.4) is 0 Å². The van der Waals surface area contributed by atoms with E-state index in [4.69, 9.17) is 0 Å². The fraction of sp³-hybridized carbons (Fsp3) is 0.538. The minimum atomic E-state index is -2.66. The average Bonchev–Trinajstić information content (AvgIpc) is 2.15. The van der Waals surface area contributed by atoms with Gasteiger partial charge in [0.05, 0.1) is 0 Å². The molecule has 82 valence electrons. The van der Waals surface area contributed by atoms with Crippen molar-refractivity contribution in [2.75, 3.05) is 0 Å². The van der Waals surface area contributed by atoms with Crippen LogP contribution in [0, 0.1) is 5.92 Å². The highest BCUT2D eigenvalue weighted by atomic mass is 19.3. The maximum atomic E-state index is 13.8. The molecule has 0 aliphatic heterocycles. The van der Waals surface area contributed by atoms with E-state index in [1.54, 1.807) is 12.1 Å². The highest BCUT2D eigenvalue weighted by molar-refractivity contribution is 5.39. The summed E-state index contributed by atoms with van der Waals surface area (Å²) in [4.78, 5) is 0. The van der Waals surface area contributed by atoms with E-state index in [0.29, 0.717) is 0 Å². The third-order valence-corrected chi connectivity index (χ3v) is 3.81. The molecule has 0 bridgehead atoms. The largest absolute Gasteiger partial charge is 0.273 e. The van der Waals surface area contributed by atoms with Crippen LogP contribution >= 0.6 is 0 Å². The standard InChI is InChI=1S/C13H16F2/c1-9-8-13(14,15)11-7-5-4-6-10(11)12(9,2)3/h4-7,9H,8H2,1-3H3. The molecule has 1 atom stereocenters. The predicted molar refractivity (Wildman–Crippen MR) is 57.1 cm³/mol. The average molecular weight is 210 g/mol. The maximum absolute atomic E-state index is 13.8. The molecule has 1 aliphatic carbocycles. The molecule has 0 nitrogen and oxygen atoms in total. The summed E-state index contributed by atoms with van der Waals surface area (Å²) in [5, 5.41) is 0. The first-order valence-corrected chi connectivity index (χ1v) is 5.33. The van der Waals surface area contributed by atoms with E-state index in [2.05, 4.69) is 0 Å². The Hall–Kier alpha value is -0.920. The van der Waals surface area contributed by atoms with E-state index in [-0.39, 0.29) is 23.3 Å². The molecule has 0 aromatic heterocycles. The van der Waals surface area contributed by atoms with Gasteiger partial charge in [-0.3, -0.25) is 0 Å². The van der Waals surface area contributed by atoms with Gasteiger partial charge in [-0.2, -0.15) is 0 Å². The summed E-state index contributed by atoms with van der Waals surface area (Å²) in [6.07, 6.45) is -0.0446. The van der Waals surface area contributed by atoms with Crippen molar-refractivity contribution in [1.29, 1.82) is 0 Å². The number of halogens is 2. The summed E-state index contributed by atoms with van der Waals surface area (Å²) in [7, 11) is 0. The highest BCUT2D eigenvalue weighted by Gasteiger charge is 2.47. The first kappa shape index (κ1) is 10.6. The summed E-state index contributed by atoms with van der Waals surface area (Å²) < 4.78 is 27.6. The zero-order valence-electron chi connectivity index (χ0n) is 9.35. The van der Waals surface area contributed by atoms with Crippen molar-refractivity contribution in [2.45, 2.75) is 38.5 Å². The Morgan fingerprint density at radius 1 is 1.13 bits per heavy atom. The van der Waals surface area contributed by atoms with Crippen LogP contribution in [0.25, 0.3) is 0 Å². The fourth-order valence-corrected chi connectivity index (χ4v) is 2.38. The van der Waals surface area contributed by atoms with Crippen molar-refractivity contribution in [2.24, 2.45) is 5.92 Å². The summed E-state index contributed by atoms with van der Waals surface area (Å²) in [6, 6.07) is 6.93. The summed E-state index contributed by atoms with van der Waals surface area (Å²) >= 11 is 0. The zero-order valence-corrected chi connectivity index (χ0v) is 9.35. The molecular formula is C13H16F2. The molecule has 0 saturated carbocycles. The van der Waals surface area contributed by atoms with Crippen LogP contribution < -0.4 is 0 Å². The van der Waals surface area contributed by atoms with Crippen molar-refractivity contribution < 1.29 is 8.78 Å². The van der Waals surface area contributed by atoms with Gasteiger partial charge in [-0.25, -0.2) is 8.78 Å². The Balaban J connectivity index is 2.64. The molecule has 0 amide bonds. The summed E-state index contributed by atoms with van der Waals surface area (Å²) in [5.41, 5.74) is 0.861. The molecule has 0 radical (unpaired) electrons. The second-order valence-corrected chi connectivity index (χ2v) is 5.08. The normalized spacial score (nSPS) is 27.1. The van der Waals surface area contributed by atoms with Crippen molar-refractivity contribution in [1.82, 2.24) is 0 Å². The first-order chi connectivity index (χ1) is 6.86. The SMILES string of the molecule is CC1CC(F)(F)c2ccccc2C1(C)C. The maximum Gasteiger partial charge on any atom is 0.273 e. The van der Waals surface area contributed by atoms with Crippen LogP contribution in [0.15, 0.2) is 24.3 Å². The van der Waals surface area contributed by atoms with E-state index in [1.807, 2.05) is 32.9 Å². The van der Waals surface area contributed by atoms with Crippen molar-refractivity contribution >= 4 is 0 Å². The summed E-state index contributed by atoms with van der Waals surface area (Å²) in [6.45, 7) is 6.00. The molecule has 0 saturated heterocycles. The smallest absolute Gasteiger partial charge is 0.201 e. The van der Waals surface area contributed by atoms with Gasteiger partial charge < -0.3 is 0 Å². The number of fused-ring (bicyclic) bond motifs is 1. The Bertz CT molecular complexity index is 380.